The monoisotopic (exact) mass is 312 g/mol. The lowest BCUT2D eigenvalue weighted by Crippen LogP contribution is -2.51. The smallest absolute Gasteiger partial charge is 0.120 e. The molecular formula is C16H25ClN2O2. The van der Waals surface area contributed by atoms with Crippen molar-refractivity contribution >= 4 is 11.6 Å². The molecule has 0 aromatic heterocycles. The van der Waals surface area contributed by atoms with Crippen LogP contribution in [0.5, 0.6) is 5.75 Å². The standard InChI is InChI=1S/C16H25ClN2O2/c1-2-15(13-20)19-8-6-18(7-9-19)10-11-21-16-5-3-4-14(17)12-16/h3-5,12,15,20H,2,6-11,13H2,1H3. The average Bonchev–Trinajstić information content (AvgIpc) is 2.50. The molecule has 1 aromatic rings. The lowest BCUT2D eigenvalue weighted by molar-refractivity contribution is 0.0584. The van der Waals surface area contributed by atoms with Gasteiger partial charge >= 0.3 is 0 Å². The number of benzene rings is 1. The molecule has 5 heteroatoms. The lowest BCUT2D eigenvalue weighted by atomic mass is 10.1. The fourth-order valence-corrected chi connectivity index (χ4v) is 2.88. The van der Waals surface area contributed by atoms with Crippen LogP contribution in [-0.4, -0.2) is 66.9 Å². The van der Waals surface area contributed by atoms with Crippen molar-refractivity contribution < 1.29 is 9.84 Å². The maximum absolute atomic E-state index is 9.35. The average molecular weight is 313 g/mol. The number of rotatable bonds is 7. The highest BCUT2D eigenvalue weighted by Crippen LogP contribution is 2.17. The molecule has 1 aromatic carbocycles. The number of hydrogen-bond acceptors (Lipinski definition) is 4. The Labute approximate surface area is 132 Å². The molecule has 118 valence electrons. The van der Waals surface area contributed by atoms with Gasteiger partial charge in [-0.2, -0.15) is 0 Å². The van der Waals surface area contributed by atoms with Gasteiger partial charge in [0.25, 0.3) is 0 Å². The zero-order valence-electron chi connectivity index (χ0n) is 12.7. The van der Waals surface area contributed by atoms with Crippen molar-refractivity contribution in [2.45, 2.75) is 19.4 Å². The van der Waals surface area contributed by atoms with Crippen molar-refractivity contribution in [3.8, 4) is 5.75 Å². The van der Waals surface area contributed by atoms with Crippen molar-refractivity contribution in [3.63, 3.8) is 0 Å². The van der Waals surface area contributed by atoms with Crippen molar-refractivity contribution in [1.82, 2.24) is 9.80 Å². The van der Waals surface area contributed by atoms with Gasteiger partial charge in [-0.05, 0) is 24.6 Å². The summed E-state index contributed by atoms with van der Waals surface area (Å²) in [5.74, 6) is 0.826. The molecule has 0 saturated carbocycles. The maximum atomic E-state index is 9.35. The Morgan fingerprint density at radius 3 is 2.67 bits per heavy atom. The first-order valence-electron chi connectivity index (χ1n) is 7.68. The van der Waals surface area contributed by atoms with Gasteiger partial charge in [-0.15, -0.1) is 0 Å². The second-order valence-electron chi connectivity index (χ2n) is 5.43. The molecule has 2 rings (SSSR count). The second kappa shape index (κ2) is 8.59. The summed E-state index contributed by atoms with van der Waals surface area (Å²) >= 11 is 5.93. The zero-order valence-corrected chi connectivity index (χ0v) is 13.4. The van der Waals surface area contributed by atoms with E-state index in [1.54, 1.807) is 0 Å². The quantitative estimate of drug-likeness (QED) is 0.836. The zero-order chi connectivity index (χ0) is 15.1. The van der Waals surface area contributed by atoms with E-state index in [1.807, 2.05) is 24.3 Å². The third-order valence-corrected chi connectivity index (χ3v) is 4.31. The van der Waals surface area contributed by atoms with Gasteiger partial charge in [0.2, 0.25) is 0 Å². The van der Waals surface area contributed by atoms with E-state index < -0.39 is 0 Å². The topological polar surface area (TPSA) is 35.9 Å². The Morgan fingerprint density at radius 1 is 1.29 bits per heavy atom. The van der Waals surface area contributed by atoms with E-state index in [0.29, 0.717) is 17.7 Å². The van der Waals surface area contributed by atoms with Crippen LogP contribution >= 0.6 is 11.6 Å². The van der Waals surface area contributed by atoms with Gasteiger partial charge in [0.1, 0.15) is 12.4 Å². The van der Waals surface area contributed by atoms with Gasteiger partial charge < -0.3 is 9.84 Å². The van der Waals surface area contributed by atoms with Crippen molar-refractivity contribution in [2.24, 2.45) is 0 Å². The van der Waals surface area contributed by atoms with E-state index in [0.717, 1.165) is 44.9 Å². The Bertz CT molecular complexity index is 418. The van der Waals surface area contributed by atoms with Crippen molar-refractivity contribution in [1.29, 1.82) is 0 Å². The van der Waals surface area contributed by atoms with Crippen LogP contribution in [-0.2, 0) is 0 Å². The van der Waals surface area contributed by atoms with Gasteiger partial charge in [0.05, 0.1) is 6.61 Å². The highest BCUT2D eigenvalue weighted by atomic mass is 35.5. The highest BCUT2D eigenvalue weighted by Gasteiger charge is 2.21. The molecule has 0 aliphatic carbocycles. The van der Waals surface area contributed by atoms with Gasteiger partial charge in [-0.3, -0.25) is 9.80 Å². The number of aliphatic hydroxyl groups is 1. The van der Waals surface area contributed by atoms with Crippen molar-refractivity contribution in [2.75, 3.05) is 45.9 Å². The number of piperazine rings is 1. The van der Waals surface area contributed by atoms with Gasteiger partial charge in [0.15, 0.2) is 0 Å². The summed E-state index contributed by atoms with van der Waals surface area (Å²) in [5, 5.41) is 10.1. The van der Waals surface area contributed by atoms with E-state index in [2.05, 4.69) is 16.7 Å². The molecule has 0 amide bonds. The Morgan fingerprint density at radius 2 is 2.05 bits per heavy atom. The molecule has 0 spiro atoms. The Balaban J connectivity index is 1.67. The summed E-state index contributed by atoms with van der Waals surface area (Å²) in [4.78, 5) is 4.79. The number of hydrogen-bond donors (Lipinski definition) is 1. The van der Waals surface area contributed by atoms with E-state index in [9.17, 15) is 5.11 Å². The van der Waals surface area contributed by atoms with Crippen molar-refractivity contribution in [3.05, 3.63) is 29.3 Å². The predicted molar refractivity (Wildman–Crippen MR) is 86.1 cm³/mol. The molecule has 1 aliphatic heterocycles. The number of ether oxygens (including phenoxy) is 1. The minimum absolute atomic E-state index is 0.258. The third kappa shape index (κ3) is 5.15. The van der Waals surface area contributed by atoms with E-state index in [1.165, 1.54) is 0 Å². The minimum atomic E-state index is 0.258. The second-order valence-corrected chi connectivity index (χ2v) is 5.86. The summed E-state index contributed by atoms with van der Waals surface area (Å²) in [6.45, 7) is 8.12. The van der Waals surface area contributed by atoms with Crippen LogP contribution in [0.2, 0.25) is 5.02 Å². The fourth-order valence-electron chi connectivity index (χ4n) is 2.70. The summed E-state index contributed by atoms with van der Waals surface area (Å²) in [7, 11) is 0. The fraction of sp³-hybridized carbons (Fsp3) is 0.625. The molecule has 1 aliphatic rings. The van der Waals surface area contributed by atoms with Crippen LogP contribution in [0.3, 0.4) is 0 Å². The molecular weight excluding hydrogens is 288 g/mol. The predicted octanol–water partition coefficient (Wildman–Crippen LogP) is 2.11. The Kier molecular flexibility index (Phi) is 6.77. The lowest BCUT2D eigenvalue weighted by Gasteiger charge is -2.38. The van der Waals surface area contributed by atoms with Crippen LogP contribution in [0, 0.1) is 0 Å². The minimum Gasteiger partial charge on any atom is -0.492 e. The first-order chi connectivity index (χ1) is 10.2. The molecule has 1 fully saturated rings. The summed E-state index contributed by atoms with van der Waals surface area (Å²) in [6, 6.07) is 7.83. The largest absolute Gasteiger partial charge is 0.492 e. The van der Waals surface area contributed by atoms with E-state index in [4.69, 9.17) is 16.3 Å². The SMILES string of the molecule is CCC(CO)N1CCN(CCOc2cccc(Cl)c2)CC1. The van der Waals surface area contributed by atoms with E-state index in [-0.39, 0.29) is 6.61 Å². The Hall–Kier alpha value is -0.810. The molecule has 0 bridgehead atoms. The van der Waals surface area contributed by atoms with E-state index >= 15 is 0 Å². The third-order valence-electron chi connectivity index (χ3n) is 4.08. The van der Waals surface area contributed by atoms with Crippen LogP contribution < -0.4 is 4.74 Å². The summed E-state index contributed by atoms with van der Waals surface area (Å²) in [5.41, 5.74) is 0. The molecule has 1 saturated heterocycles. The first kappa shape index (κ1) is 16.6. The molecule has 1 atom stereocenters. The number of halogens is 1. The number of nitrogens with zero attached hydrogens (tertiary/aromatic N) is 2. The van der Waals surface area contributed by atoms with Crippen LogP contribution in [0.25, 0.3) is 0 Å². The number of aliphatic hydroxyl groups excluding tert-OH is 1. The molecule has 1 unspecified atom stereocenters. The summed E-state index contributed by atoms with van der Waals surface area (Å²) < 4.78 is 5.73. The maximum Gasteiger partial charge on any atom is 0.120 e. The summed E-state index contributed by atoms with van der Waals surface area (Å²) in [6.07, 6.45) is 1.01. The molecule has 0 radical (unpaired) electrons. The van der Waals surface area contributed by atoms with Gasteiger partial charge in [0, 0.05) is 43.8 Å². The van der Waals surface area contributed by atoms with Crippen LogP contribution in [0.1, 0.15) is 13.3 Å². The molecule has 1 N–H and O–H groups in total. The van der Waals surface area contributed by atoms with Gasteiger partial charge in [-0.25, -0.2) is 0 Å². The van der Waals surface area contributed by atoms with Gasteiger partial charge in [-0.1, -0.05) is 24.6 Å². The highest BCUT2D eigenvalue weighted by molar-refractivity contribution is 6.30. The molecule has 1 heterocycles. The van der Waals surface area contributed by atoms with Crippen LogP contribution in [0.15, 0.2) is 24.3 Å². The normalized spacial score (nSPS) is 18.6. The van der Waals surface area contributed by atoms with Crippen LogP contribution in [0.4, 0.5) is 0 Å². The first-order valence-corrected chi connectivity index (χ1v) is 8.06. The molecule has 21 heavy (non-hydrogen) atoms. The molecule has 4 nitrogen and oxygen atoms in total.